The van der Waals surface area contributed by atoms with Crippen LogP contribution in [0.1, 0.15) is 30.9 Å². The van der Waals surface area contributed by atoms with Crippen LogP contribution in [-0.4, -0.2) is 39.5 Å². The fraction of sp³-hybridized carbons (Fsp3) is 0.333. The van der Waals surface area contributed by atoms with E-state index in [1.807, 2.05) is 0 Å². The quantitative estimate of drug-likeness (QED) is 0.126. The number of carbonyl (C=O) groups excluding carboxylic acids is 1. The lowest BCUT2D eigenvalue weighted by atomic mass is 10.1. The summed E-state index contributed by atoms with van der Waals surface area (Å²) in [7, 11) is -4.54. The number of ether oxygens (including phenoxy) is 2. The minimum Gasteiger partial charge on any atom is -0.492 e. The summed E-state index contributed by atoms with van der Waals surface area (Å²) >= 11 is 1.78. The lowest BCUT2D eigenvalue weighted by molar-refractivity contribution is -0.143. The number of hydrogen-bond acceptors (Lipinski definition) is 7. The Bertz CT molecular complexity index is 1100. The summed E-state index contributed by atoms with van der Waals surface area (Å²) in [4.78, 5) is 11.0. The molecule has 0 heterocycles. The Morgan fingerprint density at radius 2 is 1.79 bits per heavy atom. The fourth-order valence-corrected chi connectivity index (χ4v) is 3.90. The molecule has 0 aliphatic heterocycles. The third-order valence-electron chi connectivity index (χ3n) is 4.10. The number of esters is 1. The van der Waals surface area contributed by atoms with Crippen molar-refractivity contribution in [1.82, 2.24) is 0 Å². The maximum absolute atomic E-state index is 13.6. The first-order chi connectivity index (χ1) is 15.4. The molecule has 0 bridgehead atoms. The summed E-state index contributed by atoms with van der Waals surface area (Å²) in [6.45, 7) is 3.86. The molecule has 0 amide bonds. The fourth-order valence-electron chi connectivity index (χ4n) is 2.50. The molecule has 7 nitrogen and oxygen atoms in total. The molecular weight excluding hydrogens is 578 g/mol. The van der Waals surface area contributed by atoms with Gasteiger partial charge in [-0.1, -0.05) is 22.9 Å². The monoisotopic (exact) mass is 599 g/mol. The minimum absolute atomic E-state index is 0.153. The molecule has 2 rings (SSSR count). The third-order valence-corrected chi connectivity index (χ3v) is 6.06. The number of hydrogen-bond donors (Lipinski definition) is 0. The SMILES string of the molecule is CCOC(=O)CCCOc1ccc(/C(=N/OS(=O)(=O)c2ccc(C)cc2)C(F)(F)F)cc1I. The van der Waals surface area contributed by atoms with Crippen LogP contribution in [0.25, 0.3) is 0 Å². The van der Waals surface area contributed by atoms with Gasteiger partial charge in [0, 0.05) is 12.0 Å². The summed E-state index contributed by atoms with van der Waals surface area (Å²) in [6.07, 6.45) is -4.45. The third kappa shape index (κ3) is 8.18. The zero-order valence-corrected chi connectivity index (χ0v) is 20.7. The summed E-state index contributed by atoms with van der Waals surface area (Å²) < 4.78 is 80.1. The van der Waals surface area contributed by atoms with Crippen LogP contribution >= 0.6 is 22.6 Å². The summed E-state index contributed by atoms with van der Waals surface area (Å²) in [5.74, 6) is -0.0595. The molecule has 0 saturated carbocycles. The molecule has 0 fully saturated rings. The first-order valence-corrected chi connectivity index (χ1v) is 12.2. The molecule has 0 atom stereocenters. The minimum atomic E-state index is -4.98. The van der Waals surface area contributed by atoms with E-state index in [1.165, 1.54) is 30.3 Å². The first-order valence-electron chi connectivity index (χ1n) is 9.68. The smallest absolute Gasteiger partial charge is 0.437 e. The van der Waals surface area contributed by atoms with Crippen LogP contribution in [0, 0.1) is 10.5 Å². The highest BCUT2D eigenvalue weighted by Crippen LogP contribution is 2.28. The molecule has 0 aromatic heterocycles. The molecule has 33 heavy (non-hydrogen) atoms. The van der Waals surface area contributed by atoms with Gasteiger partial charge in [0.25, 0.3) is 0 Å². The van der Waals surface area contributed by atoms with Crippen molar-refractivity contribution in [3.8, 4) is 5.75 Å². The summed E-state index contributed by atoms with van der Waals surface area (Å²) in [5, 5.41) is 2.93. The van der Waals surface area contributed by atoms with Crippen molar-refractivity contribution in [3.05, 3.63) is 57.2 Å². The second kappa shape index (κ2) is 11.7. The van der Waals surface area contributed by atoms with Crippen molar-refractivity contribution in [2.45, 2.75) is 37.8 Å². The van der Waals surface area contributed by atoms with E-state index in [9.17, 15) is 26.4 Å². The summed E-state index contributed by atoms with van der Waals surface area (Å²) in [5.41, 5.74) is -1.14. The number of rotatable bonds is 10. The van der Waals surface area contributed by atoms with E-state index >= 15 is 0 Å². The van der Waals surface area contributed by atoms with Gasteiger partial charge < -0.3 is 9.47 Å². The zero-order valence-electron chi connectivity index (χ0n) is 17.7. The Hall–Kier alpha value is -2.35. The van der Waals surface area contributed by atoms with E-state index in [-0.39, 0.29) is 30.5 Å². The molecule has 2 aromatic carbocycles. The van der Waals surface area contributed by atoms with E-state index in [0.29, 0.717) is 15.7 Å². The van der Waals surface area contributed by atoms with Crippen LogP contribution in [0.3, 0.4) is 0 Å². The van der Waals surface area contributed by atoms with Gasteiger partial charge >= 0.3 is 22.3 Å². The van der Waals surface area contributed by atoms with Gasteiger partial charge in [-0.25, -0.2) is 0 Å². The topological polar surface area (TPSA) is 91.3 Å². The van der Waals surface area contributed by atoms with Gasteiger partial charge in [0.05, 0.1) is 16.8 Å². The Morgan fingerprint density at radius 1 is 1.12 bits per heavy atom. The van der Waals surface area contributed by atoms with E-state index in [2.05, 4.69) is 9.44 Å². The molecule has 12 heteroatoms. The molecule has 0 aliphatic carbocycles. The average Bonchev–Trinajstić information content (AvgIpc) is 2.72. The highest BCUT2D eigenvalue weighted by atomic mass is 127. The van der Waals surface area contributed by atoms with Crippen molar-refractivity contribution in [1.29, 1.82) is 0 Å². The van der Waals surface area contributed by atoms with Crippen molar-refractivity contribution < 1.29 is 40.1 Å². The Kier molecular flexibility index (Phi) is 9.52. The number of aryl methyl sites for hydroxylation is 1. The molecule has 0 saturated heterocycles. The number of halogens is 4. The van der Waals surface area contributed by atoms with Gasteiger partial charge in [-0.2, -0.15) is 21.6 Å². The van der Waals surface area contributed by atoms with Gasteiger partial charge in [-0.15, -0.1) is 0 Å². The van der Waals surface area contributed by atoms with Gasteiger partial charge in [0.1, 0.15) is 10.6 Å². The Morgan fingerprint density at radius 3 is 2.36 bits per heavy atom. The van der Waals surface area contributed by atoms with Crippen LogP contribution in [-0.2, 0) is 23.9 Å². The van der Waals surface area contributed by atoms with E-state index in [4.69, 9.17) is 9.47 Å². The largest absolute Gasteiger partial charge is 0.492 e. The van der Waals surface area contributed by atoms with Crippen molar-refractivity contribution in [3.63, 3.8) is 0 Å². The molecule has 0 aliphatic rings. The van der Waals surface area contributed by atoms with Gasteiger partial charge in [-0.3, -0.25) is 9.08 Å². The van der Waals surface area contributed by atoms with E-state index in [0.717, 1.165) is 17.7 Å². The van der Waals surface area contributed by atoms with Crippen molar-refractivity contribution >= 4 is 44.4 Å². The number of oxime groups is 1. The maximum atomic E-state index is 13.6. The highest BCUT2D eigenvalue weighted by molar-refractivity contribution is 14.1. The standard InChI is InChI=1S/C21H21F3INO6S/c1-3-30-19(27)5-4-12-31-18-11-8-15(13-17(18)25)20(21(22,23)24)26-32-33(28,29)16-9-6-14(2)7-10-16/h6-11,13H,3-5,12H2,1-2H3/b26-20-. The normalized spacial score (nSPS) is 12.4. The van der Waals surface area contributed by atoms with Crippen LogP contribution < -0.4 is 4.74 Å². The number of carbonyl (C=O) groups is 1. The molecular formula is C21H21F3INO6S. The molecule has 0 radical (unpaired) electrons. The number of alkyl halides is 3. The molecule has 180 valence electrons. The molecule has 0 spiro atoms. The van der Waals surface area contributed by atoms with Crippen molar-refractivity contribution in [2.75, 3.05) is 13.2 Å². The summed E-state index contributed by atoms with van der Waals surface area (Å²) in [6, 6.07) is 8.94. The van der Waals surface area contributed by atoms with Gasteiger partial charge in [0.2, 0.25) is 0 Å². The Balaban J connectivity index is 2.17. The van der Waals surface area contributed by atoms with Crippen LogP contribution in [0.4, 0.5) is 13.2 Å². The molecule has 0 unspecified atom stereocenters. The predicted molar refractivity (Wildman–Crippen MR) is 123 cm³/mol. The second-order valence-electron chi connectivity index (χ2n) is 6.68. The number of nitrogens with zero attached hydrogens (tertiary/aromatic N) is 1. The lowest BCUT2D eigenvalue weighted by Gasteiger charge is -2.13. The maximum Gasteiger partial charge on any atom is 0.437 e. The average molecular weight is 599 g/mol. The van der Waals surface area contributed by atoms with Crippen LogP contribution in [0.5, 0.6) is 5.75 Å². The lowest BCUT2D eigenvalue weighted by Crippen LogP contribution is -2.25. The predicted octanol–water partition coefficient (Wildman–Crippen LogP) is 4.99. The zero-order chi connectivity index (χ0) is 24.6. The van der Waals surface area contributed by atoms with Crippen LogP contribution in [0.2, 0.25) is 0 Å². The second-order valence-corrected chi connectivity index (χ2v) is 9.37. The highest BCUT2D eigenvalue weighted by Gasteiger charge is 2.39. The van der Waals surface area contributed by atoms with Crippen LogP contribution in [0.15, 0.2) is 52.5 Å². The first kappa shape index (κ1) is 26.9. The van der Waals surface area contributed by atoms with Gasteiger partial charge in [-0.05, 0) is 73.2 Å². The Labute approximate surface area is 203 Å². The van der Waals surface area contributed by atoms with Crippen molar-refractivity contribution in [2.24, 2.45) is 5.16 Å². The molecule has 0 N–H and O–H groups in total. The molecule has 2 aromatic rings. The van der Waals surface area contributed by atoms with E-state index in [1.54, 1.807) is 36.4 Å². The number of benzene rings is 2. The van der Waals surface area contributed by atoms with Gasteiger partial charge in [0.15, 0.2) is 5.71 Å². The van der Waals surface area contributed by atoms with E-state index < -0.39 is 27.6 Å².